The lowest BCUT2D eigenvalue weighted by Crippen LogP contribution is -2.11. The maximum absolute atomic E-state index is 6.41. The summed E-state index contributed by atoms with van der Waals surface area (Å²) in [5.74, 6) is 0.810. The van der Waals surface area contributed by atoms with Crippen molar-refractivity contribution in [3.05, 3.63) is 76.3 Å². The largest absolute Gasteiger partial charge is 0.496 e. The Morgan fingerprint density at radius 1 is 0.905 bits per heavy atom. The molecule has 0 radical (unpaired) electrons. The normalized spacial score (nSPS) is 12.3. The number of halogens is 1. The molecule has 2 nitrogen and oxygen atoms in total. The van der Waals surface area contributed by atoms with E-state index in [4.69, 9.17) is 10.5 Å². The van der Waals surface area contributed by atoms with E-state index in [9.17, 15) is 0 Å². The van der Waals surface area contributed by atoms with Crippen LogP contribution in [0, 0.1) is 0 Å². The van der Waals surface area contributed by atoms with Crippen LogP contribution in [0.1, 0.15) is 17.2 Å². The lowest BCUT2D eigenvalue weighted by atomic mass is 9.97. The third kappa shape index (κ3) is 2.80. The van der Waals surface area contributed by atoms with E-state index in [1.165, 1.54) is 10.8 Å². The first-order chi connectivity index (χ1) is 10.2. The second-order valence-electron chi connectivity index (χ2n) is 4.98. The first kappa shape index (κ1) is 14.1. The molecule has 106 valence electrons. The minimum absolute atomic E-state index is 0.156. The van der Waals surface area contributed by atoms with Crippen LogP contribution >= 0.6 is 15.9 Å². The van der Waals surface area contributed by atoms with Crippen molar-refractivity contribution in [1.29, 1.82) is 0 Å². The van der Waals surface area contributed by atoms with Crippen molar-refractivity contribution in [2.45, 2.75) is 6.04 Å². The van der Waals surface area contributed by atoms with Gasteiger partial charge in [-0.15, -0.1) is 0 Å². The van der Waals surface area contributed by atoms with Crippen molar-refractivity contribution >= 4 is 26.7 Å². The van der Waals surface area contributed by atoms with Gasteiger partial charge < -0.3 is 10.5 Å². The van der Waals surface area contributed by atoms with Crippen LogP contribution in [0.15, 0.2) is 65.1 Å². The lowest BCUT2D eigenvalue weighted by molar-refractivity contribution is 0.412. The highest BCUT2D eigenvalue weighted by Crippen LogP contribution is 2.30. The molecule has 0 aromatic heterocycles. The van der Waals surface area contributed by atoms with Gasteiger partial charge in [-0.1, -0.05) is 42.5 Å². The predicted octanol–water partition coefficient (Wildman–Crippen LogP) is 4.66. The third-order valence-corrected chi connectivity index (χ3v) is 4.29. The molecule has 3 aromatic rings. The minimum atomic E-state index is -0.156. The van der Waals surface area contributed by atoms with Crippen LogP contribution in [0.5, 0.6) is 5.75 Å². The monoisotopic (exact) mass is 341 g/mol. The molecule has 0 spiro atoms. The van der Waals surface area contributed by atoms with Crippen LogP contribution in [0.3, 0.4) is 0 Å². The molecule has 1 unspecified atom stereocenters. The van der Waals surface area contributed by atoms with Gasteiger partial charge in [0, 0.05) is 0 Å². The highest BCUT2D eigenvalue weighted by molar-refractivity contribution is 9.10. The number of nitrogens with two attached hydrogens (primary N) is 1. The van der Waals surface area contributed by atoms with E-state index < -0.39 is 0 Å². The van der Waals surface area contributed by atoms with Crippen molar-refractivity contribution < 1.29 is 4.74 Å². The number of hydrogen-bond donors (Lipinski definition) is 1. The maximum Gasteiger partial charge on any atom is 0.133 e. The zero-order valence-corrected chi connectivity index (χ0v) is 13.3. The maximum atomic E-state index is 6.41. The number of benzene rings is 3. The van der Waals surface area contributed by atoms with Crippen LogP contribution in [0.4, 0.5) is 0 Å². The molecule has 21 heavy (non-hydrogen) atoms. The molecule has 3 aromatic carbocycles. The van der Waals surface area contributed by atoms with Crippen molar-refractivity contribution in [1.82, 2.24) is 0 Å². The summed E-state index contributed by atoms with van der Waals surface area (Å²) >= 11 is 3.51. The van der Waals surface area contributed by atoms with E-state index >= 15 is 0 Å². The molecule has 2 N–H and O–H groups in total. The molecular formula is C18H16BrNO. The molecule has 1 atom stereocenters. The summed E-state index contributed by atoms with van der Waals surface area (Å²) in [5.41, 5.74) is 8.56. The Labute approximate surface area is 132 Å². The van der Waals surface area contributed by atoms with Gasteiger partial charge in [0.25, 0.3) is 0 Å². The van der Waals surface area contributed by atoms with Gasteiger partial charge in [0.2, 0.25) is 0 Å². The molecule has 0 fully saturated rings. The summed E-state index contributed by atoms with van der Waals surface area (Å²) in [6.45, 7) is 0. The molecule has 0 heterocycles. The average molecular weight is 342 g/mol. The summed E-state index contributed by atoms with van der Waals surface area (Å²) in [4.78, 5) is 0. The molecule has 0 aliphatic carbocycles. The molecule has 3 heteroatoms. The molecule has 3 rings (SSSR count). The van der Waals surface area contributed by atoms with Gasteiger partial charge in [-0.3, -0.25) is 0 Å². The van der Waals surface area contributed by atoms with Crippen molar-refractivity contribution in [2.24, 2.45) is 5.73 Å². The van der Waals surface area contributed by atoms with Crippen LogP contribution in [0.2, 0.25) is 0 Å². The molecule has 0 bridgehead atoms. The van der Waals surface area contributed by atoms with E-state index in [1.54, 1.807) is 7.11 Å². The first-order valence-electron chi connectivity index (χ1n) is 6.77. The van der Waals surface area contributed by atoms with Crippen molar-refractivity contribution in [2.75, 3.05) is 7.11 Å². The number of rotatable bonds is 3. The summed E-state index contributed by atoms with van der Waals surface area (Å²) in [5, 5.41) is 2.43. The van der Waals surface area contributed by atoms with Crippen LogP contribution < -0.4 is 10.5 Å². The molecule has 0 saturated heterocycles. The fraction of sp³-hybridized carbons (Fsp3) is 0.111. The van der Waals surface area contributed by atoms with E-state index in [-0.39, 0.29) is 6.04 Å². The first-order valence-corrected chi connectivity index (χ1v) is 7.56. The number of hydrogen-bond acceptors (Lipinski definition) is 2. The van der Waals surface area contributed by atoms with Crippen LogP contribution in [-0.2, 0) is 0 Å². The third-order valence-electron chi connectivity index (χ3n) is 3.67. The van der Waals surface area contributed by atoms with Crippen LogP contribution in [0.25, 0.3) is 10.8 Å². The fourth-order valence-corrected chi connectivity index (χ4v) is 3.03. The summed E-state index contributed by atoms with van der Waals surface area (Å²) < 4.78 is 6.17. The molecule has 0 amide bonds. The number of fused-ring (bicyclic) bond motifs is 1. The number of ether oxygens (including phenoxy) is 1. The Bertz CT molecular complexity index is 785. The molecule has 0 saturated carbocycles. The SMILES string of the molecule is COc1ccc(C(N)c2ccc3ccccc3c2)cc1Br. The van der Waals surface area contributed by atoms with Gasteiger partial charge in [-0.2, -0.15) is 0 Å². The Kier molecular flexibility index (Phi) is 3.95. The van der Waals surface area contributed by atoms with Crippen molar-refractivity contribution in [3.63, 3.8) is 0 Å². The van der Waals surface area contributed by atoms with E-state index in [0.29, 0.717) is 0 Å². The average Bonchev–Trinajstić information content (AvgIpc) is 2.53. The van der Waals surface area contributed by atoms with Gasteiger partial charge in [0.05, 0.1) is 17.6 Å². The molecular weight excluding hydrogens is 326 g/mol. The smallest absolute Gasteiger partial charge is 0.133 e. The Morgan fingerprint density at radius 3 is 2.29 bits per heavy atom. The zero-order valence-electron chi connectivity index (χ0n) is 11.7. The van der Waals surface area contributed by atoms with Gasteiger partial charge >= 0.3 is 0 Å². The standard InChI is InChI=1S/C18H16BrNO/c1-21-17-9-8-15(11-16(17)19)18(20)14-7-6-12-4-2-3-5-13(12)10-14/h2-11,18H,20H2,1H3. The summed E-state index contributed by atoms with van der Waals surface area (Å²) in [6, 6.07) is 20.4. The second kappa shape index (κ2) is 5.88. The second-order valence-corrected chi connectivity index (χ2v) is 5.83. The highest BCUT2D eigenvalue weighted by Gasteiger charge is 2.11. The highest BCUT2D eigenvalue weighted by atomic mass is 79.9. The quantitative estimate of drug-likeness (QED) is 0.751. The van der Waals surface area contributed by atoms with E-state index in [2.05, 4.69) is 46.3 Å². The summed E-state index contributed by atoms with van der Waals surface area (Å²) in [6.07, 6.45) is 0. The summed E-state index contributed by atoms with van der Waals surface area (Å²) in [7, 11) is 1.66. The van der Waals surface area contributed by atoms with E-state index in [1.807, 2.05) is 30.3 Å². The van der Waals surface area contributed by atoms with Gasteiger partial charge in [0.15, 0.2) is 0 Å². The molecule has 0 aliphatic rings. The van der Waals surface area contributed by atoms with Crippen LogP contribution in [-0.4, -0.2) is 7.11 Å². The Morgan fingerprint density at radius 2 is 1.57 bits per heavy atom. The van der Waals surface area contributed by atoms with Gasteiger partial charge in [0.1, 0.15) is 5.75 Å². The van der Waals surface area contributed by atoms with Gasteiger partial charge in [-0.05, 0) is 56.0 Å². The topological polar surface area (TPSA) is 35.2 Å². The van der Waals surface area contributed by atoms with Crippen molar-refractivity contribution in [3.8, 4) is 5.75 Å². The Balaban J connectivity index is 1.99. The Hall–Kier alpha value is -1.84. The van der Waals surface area contributed by atoms with Gasteiger partial charge in [-0.25, -0.2) is 0 Å². The van der Waals surface area contributed by atoms with E-state index in [0.717, 1.165) is 21.3 Å². The minimum Gasteiger partial charge on any atom is -0.496 e. The molecule has 0 aliphatic heterocycles. The lowest BCUT2D eigenvalue weighted by Gasteiger charge is -2.15. The fourth-order valence-electron chi connectivity index (χ4n) is 2.47. The predicted molar refractivity (Wildman–Crippen MR) is 90.7 cm³/mol. The zero-order chi connectivity index (χ0) is 14.8. The number of methoxy groups -OCH3 is 1.